The molecule has 5 rings (SSSR count). The van der Waals surface area contributed by atoms with Gasteiger partial charge in [0.15, 0.2) is 0 Å². The number of pyridine rings is 1. The first-order valence-corrected chi connectivity index (χ1v) is 11.7. The van der Waals surface area contributed by atoms with Crippen LogP contribution in [0.4, 0.5) is 5.82 Å². The van der Waals surface area contributed by atoms with Crippen LogP contribution < -0.4 is 4.90 Å². The number of anilines is 1. The van der Waals surface area contributed by atoms with E-state index in [1.54, 1.807) is 11.1 Å². The lowest BCUT2D eigenvalue weighted by molar-refractivity contribution is 0.330. The molecule has 0 spiro atoms. The number of nitrogens with zero attached hydrogens (tertiary/aromatic N) is 3. The van der Waals surface area contributed by atoms with Gasteiger partial charge in [0, 0.05) is 18.5 Å². The Labute approximate surface area is 170 Å². The highest BCUT2D eigenvalue weighted by atomic mass is 15.2. The van der Waals surface area contributed by atoms with E-state index in [2.05, 4.69) is 28.9 Å². The molecule has 3 nitrogen and oxygen atoms in total. The first-order valence-electron chi connectivity index (χ1n) is 11.7. The summed E-state index contributed by atoms with van der Waals surface area (Å²) >= 11 is 0. The van der Waals surface area contributed by atoms with Crippen LogP contribution in [0.15, 0.2) is 12.1 Å². The Balaban J connectivity index is 1.38. The number of unbranched alkanes of at least 4 members (excludes halogenated alkanes) is 1. The highest BCUT2D eigenvalue weighted by molar-refractivity contribution is 5.88. The first kappa shape index (κ1) is 18.4. The molecule has 1 aromatic carbocycles. The zero-order valence-electron chi connectivity index (χ0n) is 17.6. The number of aryl methyl sites for hydroxylation is 3. The van der Waals surface area contributed by atoms with Crippen LogP contribution in [0.1, 0.15) is 67.2 Å². The molecule has 2 aromatic rings. The number of hydrogen-bond acceptors (Lipinski definition) is 3. The van der Waals surface area contributed by atoms with Gasteiger partial charge < -0.3 is 9.80 Å². The van der Waals surface area contributed by atoms with Crippen LogP contribution in [-0.2, 0) is 19.3 Å². The quantitative estimate of drug-likeness (QED) is 0.657. The molecule has 3 heteroatoms. The van der Waals surface area contributed by atoms with Crippen molar-refractivity contribution in [3.63, 3.8) is 0 Å². The van der Waals surface area contributed by atoms with Gasteiger partial charge in [-0.15, -0.1) is 0 Å². The van der Waals surface area contributed by atoms with Crippen molar-refractivity contribution in [1.82, 2.24) is 9.88 Å². The van der Waals surface area contributed by atoms with Gasteiger partial charge in [0.2, 0.25) is 0 Å². The second-order valence-electron chi connectivity index (χ2n) is 9.24. The summed E-state index contributed by atoms with van der Waals surface area (Å²) in [6, 6.07) is 4.88. The lowest BCUT2D eigenvalue weighted by Gasteiger charge is -2.22. The topological polar surface area (TPSA) is 19.4 Å². The Hall–Kier alpha value is -1.61. The molecule has 150 valence electrons. The average molecular weight is 378 g/mol. The van der Waals surface area contributed by atoms with Gasteiger partial charge in [0.25, 0.3) is 0 Å². The molecule has 0 saturated carbocycles. The molecule has 0 unspecified atom stereocenters. The lowest BCUT2D eigenvalue weighted by Crippen LogP contribution is -2.21. The Morgan fingerprint density at radius 3 is 2.43 bits per heavy atom. The van der Waals surface area contributed by atoms with Crippen LogP contribution >= 0.6 is 0 Å². The molecule has 3 heterocycles. The zero-order chi connectivity index (χ0) is 18.9. The molecule has 0 atom stereocenters. The number of fused-ring (bicyclic) bond motifs is 3. The van der Waals surface area contributed by atoms with Crippen LogP contribution in [0, 0.1) is 6.92 Å². The predicted octanol–water partition coefficient (Wildman–Crippen LogP) is 5.05. The van der Waals surface area contributed by atoms with Gasteiger partial charge in [0.1, 0.15) is 5.82 Å². The molecular weight excluding hydrogens is 342 g/mol. The van der Waals surface area contributed by atoms with Crippen molar-refractivity contribution in [2.75, 3.05) is 37.6 Å². The summed E-state index contributed by atoms with van der Waals surface area (Å²) < 4.78 is 0. The van der Waals surface area contributed by atoms with Gasteiger partial charge in [-0.1, -0.05) is 0 Å². The fraction of sp³-hybridized carbons (Fsp3) is 0.640. The van der Waals surface area contributed by atoms with Gasteiger partial charge >= 0.3 is 0 Å². The highest BCUT2D eigenvalue weighted by Gasteiger charge is 2.25. The van der Waals surface area contributed by atoms with Gasteiger partial charge in [-0.05, 0) is 125 Å². The summed E-state index contributed by atoms with van der Waals surface area (Å²) in [4.78, 5) is 10.4. The van der Waals surface area contributed by atoms with Gasteiger partial charge in [-0.25, -0.2) is 4.98 Å². The van der Waals surface area contributed by atoms with Crippen molar-refractivity contribution in [3.05, 3.63) is 34.4 Å². The molecule has 3 aliphatic rings. The molecule has 2 fully saturated rings. The Bertz CT molecular complexity index is 845. The van der Waals surface area contributed by atoms with E-state index in [0.29, 0.717) is 0 Å². The van der Waals surface area contributed by atoms with Crippen molar-refractivity contribution in [2.24, 2.45) is 0 Å². The molecule has 1 aliphatic carbocycles. The van der Waals surface area contributed by atoms with Crippen LogP contribution in [0.5, 0.6) is 0 Å². The summed E-state index contributed by atoms with van der Waals surface area (Å²) in [6.07, 6.45) is 13.0. The largest absolute Gasteiger partial charge is 0.356 e. The number of benzene rings is 1. The zero-order valence-corrected chi connectivity index (χ0v) is 17.6. The third kappa shape index (κ3) is 3.54. The van der Waals surface area contributed by atoms with E-state index in [4.69, 9.17) is 4.98 Å². The number of rotatable bonds is 6. The fourth-order valence-electron chi connectivity index (χ4n) is 5.66. The lowest BCUT2D eigenvalue weighted by atomic mass is 9.96. The maximum Gasteiger partial charge on any atom is 0.132 e. The van der Waals surface area contributed by atoms with E-state index in [1.807, 2.05) is 0 Å². The second-order valence-corrected chi connectivity index (χ2v) is 9.24. The third-order valence-electron chi connectivity index (χ3n) is 7.27. The molecule has 2 saturated heterocycles. The minimum absolute atomic E-state index is 1.19. The molecular formula is C25H35N3. The van der Waals surface area contributed by atoms with Gasteiger partial charge in [-0.3, -0.25) is 0 Å². The molecule has 1 aromatic heterocycles. The Morgan fingerprint density at radius 2 is 1.61 bits per heavy atom. The maximum atomic E-state index is 5.24. The number of hydrogen-bond donors (Lipinski definition) is 0. The first-order chi connectivity index (χ1) is 13.8. The Morgan fingerprint density at radius 1 is 0.857 bits per heavy atom. The van der Waals surface area contributed by atoms with Crippen LogP contribution in [-0.4, -0.2) is 42.6 Å². The van der Waals surface area contributed by atoms with E-state index in [1.165, 1.54) is 125 Å². The smallest absolute Gasteiger partial charge is 0.132 e. The van der Waals surface area contributed by atoms with E-state index in [9.17, 15) is 0 Å². The van der Waals surface area contributed by atoms with E-state index in [-0.39, 0.29) is 0 Å². The third-order valence-corrected chi connectivity index (χ3v) is 7.27. The summed E-state index contributed by atoms with van der Waals surface area (Å²) in [5.41, 5.74) is 7.41. The normalized spacial score (nSPS) is 19.8. The second kappa shape index (κ2) is 8.02. The standard InChI is InChI=1S/C25H35N3/c1-19-17-23-21-10-8-11-22(21)25(28-15-6-7-16-28)26-24(23)18-20(19)9-2-3-12-27-13-4-5-14-27/h17-18H,2-16H2,1H3. The highest BCUT2D eigenvalue weighted by Crippen LogP contribution is 2.37. The number of aromatic nitrogens is 1. The minimum Gasteiger partial charge on any atom is -0.356 e. The summed E-state index contributed by atoms with van der Waals surface area (Å²) in [6.45, 7) is 8.63. The number of likely N-dealkylation sites (tertiary alicyclic amines) is 1. The summed E-state index contributed by atoms with van der Waals surface area (Å²) in [5, 5.41) is 1.44. The van der Waals surface area contributed by atoms with Crippen molar-refractivity contribution in [3.8, 4) is 0 Å². The van der Waals surface area contributed by atoms with Crippen molar-refractivity contribution >= 4 is 16.7 Å². The predicted molar refractivity (Wildman–Crippen MR) is 119 cm³/mol. The fourth-order valence-corrected chi connectivity index (χ4v) is 5.66. The summed E-state index contributed by atoms with van der Waals surface area (Å²) in [7, 11) is 0. The van der Waals surface area contributed by atoms with Crippen LogP contribution in [0.25, 0.3) is 10.9 Å². The van der Waals surface area contributed by atoms with Crippen molar-refractivity contribution in [2.45, 2.75) is 71.1 Å². The molecule has 0 amide bonds. The van der Waals surface area contributed by atoms with Gasteiger partial charge in [0.05, 0.1) is 5.52 Å². The molecule has 0 bridgehead atoms. The SMILES string of the molecule is Cc1cc2c3c(c(N4CCCC4)nc2cc1CCCCN1CCCC1)CCC3. The monoisotopic (exact) mass is 377 g/mol. The molecule has 2 aliphatic heterocycles. The van der Waals surface area contributed by atoms with Crippen molar-refractivity contribution < 1.29 is 0 Å². The molecule has 28 heavy (non-hydrogen) atoms. The van der Waals surface area contributed by atoms with Crippen molar-refractivity contribution in [1.29, 1.82) is 0 Å². The molecule has 0 radical (unpaired) electrons. The average Bonchev–Trinajstić information content (AvgIpc) is 3.47. The van der Waals surface area contributed by atoms with E-state index < -0.39 is 0 Å². The summed E-state index contributed by atoms with van der Waals surface area (Å²) in [5.74, 6) is 1.32. The molecule has 0 N–H and O–H groups in total. The Kier molecular flexibility index (Phi) is 5.28. The van der Waals surface area contributed by atoms with E-state index >= 15 is 0 Å². The van der Waals surface area contributed by atoms with E-state index in [0.717, 1.165) is 0 Å². The minimum atomic E-state index is 1.19. The van der Waals surface area contributed by atoms with Gasteiger partial charge in [-0.2, -0.15) is 0 Å². The van der Waals surface area contributed by atoms with Crippen LogP contribution in [0.2, 0.25) is 0 Å². The maximum absolute atomic E-state index is 5.24. The van der Waals surface area contributed by atoms with Crippen LogP contribution in [0.3, 0.4) is 0 Å².